The van der Waals surface area contributed by atoms with Crippen LogP contribution >= 0.6 is 36.8 Å². The van der Waals surface area contributed by atoms with Crippen molar-refractivity contribution in [3.05, 3.63) is 0 Å². The van der Waals surface area contributed by atoms with Gasteiger partial charge >= 0.3 is 49.6 Å². The number of hydrogen-bond acceptors (Lipinski definition) is 2. The van der Waals surface area contributed by atoms with Crippen molar-refractivity contribution in [2.24, 2.45) is 0 Å². The van der Waals surface area contributed by atoms with E-state index in [0.29, 0.717) is 6.54 Å². The summed E-state index contributed by atoms with van der Waals surface area (Å²) in [4.78, 5) is 11.9. The average Bonchev–Trinajstić information content (AvgIpc) is 2.05. The van der Waals surface area contributed by atoms with Gasteiger partial charge in [-0.1, -0.05) is 0 Å². The number of nitrogens with zero attached hydrogens (tertiary/aromatic N) is 1. The number of likely N-dealkylation sites (N-methyl/N-ethyl adjacent to an activating group) is 1. The molecule has 1 aliphatic rings. The molecule has 0 saturated carbocycles. The third-order valence-electron chi connectivity index (χ3n) is 1.02. The van der Waals surface area contributed by atoms with Gasteiger partial charge in [0.05, 0.1) is 6.54 Å². The van der Waals surface area contributed by atoms with Gasteiger partial charge in [0, 0.05) is 7.05 Å². The van der Waals surface area contributed by atoms with Crippen molar-refractivity contribution in [1.29, 1.82) is 5.41 Å². The van der Waals surface area contributed by atoms with E-state index in [9.17, 15) is 4.79 Å². The maximum atomic E-state index is 10.4. The summed E-state index contributed by atoms with van der Waals surface area (Å²) in [5.41, 5.74) is 0. The van der Waals surface area contributed by atoms with Gasteiger partial charge in [-0.15, -0.1) is 0 Å². The molecule has 0 aromatic heterocycles. The summed E-state index contributed by atoms with van der Waals surface area (Å²) < 4.78 is 0. The molecule has 4 nitrogen and oxygen atoms in total. The fraction of sp³-hybridized carbons (Fsp3) is 0.500. The molecule has 1 aliphatic heterocycles. The molecule has 1 heterocycles. The summed E-state index contributed by atoms with van der Waals surface area (Å²) in [7, 11) is 21.7. The number of rotatable bonds is 0. The monoisotopic (exact) mass is 450 g/mol. The third kappa shape index (κ3) is 9.15. The van der Waals surface area contributed by atoms with Gasteiger partial charge in [0.2, 0.25) is 5.91 Å². The molecule has 0 atom stereocenters. The van der Waals surface area contributed by atoms with Gasteiger partial charge in [0.15, 0.2) is 5.96 Å². The van der Waals surface area contributed by atoms with Crippen LogP contribution in [0.5, 0.6) is 0 Å². The molecular weight excluding hydrogens is 445 g/mol. The maximum absolute atomic E-state index is 10.4. The van der Waals surface area contributed by atoms with E-state index in [-0.39, 0.29) is 11.9 Å². The Kier molecular flexibility index (Phi) is 6.02. The van der Waals surface area contributed by atoms with Crippen molar-refractivity contribution < 1.29 is 17.6 Å². The minimum atomic E-state index is -3.00. The predicted octanol–water partition coefficient (Wildman–Crippen LogP) is 1.74. The van der Waals surface area contributed by atoms with Crippen molar-refractivity contribution >= 4 is 48.6 Å². The topological polar surface area (TPSA) is 56.2 Å². The molecule has 0 spiro atoms. The molecule has 1 fully saturated rings. The number of carbonyl (C=O) groups is 1. The van der Waals surface area contributed by atoms with Crippen LogP contribution in [0.3, 0.4) is 0 Å². The normalized spacial score (nSPS) is 17.8. The molecular formula is C4H7AuCl4N3O-. The minimum absolute atomic E-state index is 0.0995. The van der Waals surface area contributed by atoms with Gasteiger partial charge in [0.25, 0.3) is 0 Å². The summed E-state index contributed by atoms with van der Waals surface area (Å²) in [5, 5.41) is 9.32. The summed E-state index contributed by atoms with van der Waals surface area (Å²) in [6.45, 7) is 0.318. The van der Waals surface area contributed by atoms with E-state index >= 15 is 0 Å². The molecule has 1 saturated heterocycles. The van der Waals surface area contributed by atoms with Crippen LogP contribution < -0.4 is 5.32 Å². The van der Waals surface area contributed by atoms with E-state index in [0.717, 1.165) is 0 Å². The molecule has 0 bridgehead atoms. The van der Waals surface area contributed by atoms with Gasteiger partial charge in [0.1, 0.15) is 0 Å². The van der Waals surface area contributed by atoms with E-state index in [4.69, 9.17) is 42.2 Å². The summed E-state index contributed by atoms with van der Waals surface area (Å²) in [6.07, 6.45) is 0. The van der Waals surface area contributed by atoms with Crippen LogP contribution in [-0.2, 0) is 17.6 Å². The zero-order valence-electron chi connectivity index (χ0n) is 6.38. The van der Waals surface area contributed by atoms with Gasteiger partial charge in [-0.3, -0.25) is 15.5 Å². The molecule has 1 amide bonds. The molecule has 84 valence electrons. The standard InChI is InChI=1S/C4H7N3O.Au.4ClH/c1-7-2-3(8)6-4(7)5;;;;;/h2H2,1H3,(H2,5,6,8);;4*1H/q;+3;;;;/p-4. The Balaban J connectivity index is 0.000000252. The van der Waals surface area contributed by atoms with Crippen LogP contribution in [0.2, 0.25) is 0 Å². The van der Waals surface area contributed by atoms with Crippen LogP contribution in [0.1, 0.15) is 0 Å². The molecule has 0 aliphatic carbocycles. The first-order valence-corrected chi connectivity index (χ1v) is 13.5. The Labute approximate surface area is 94.8 Å². The number of guanidine groups is 1. The Morgan fingerprint density at radius 3 is 1.92 bits per heavy atom. The van der Waals surface area contributed by atoms with Gasteiger partial charge in [-0.25, -0.2) is 0 Å². The second-order valence-corrected chi connectivity index (χ2v) is 20.8. The Hall–Kier alpha value is 0.840. The average molecular weight is 452 g/mol. The second-order valence-electron chi connectivity index (χ2n) is 2.01. The Morgan fingerprint density at radius 2 is 1.85 bits per heavy atom. The number of amides is 1. The molecule has 0 unspecified atom stereocenters. The molecule has 0 aromatic rings. The fourth-order valence-corrected chi connectivity index (χ4v) is 0.561. The molecule has 13 heavy (non-hydrogen) atoms. The van der Waals surface area contributed by atoms with E-state index < -0.39 is 12.8 Å². The number of carbonyl (C=O) groups excluding carboxylic acids is 1. The van der Waals surface area contributed by atoms with Crippen molar-refractivity contribution in [2.75, 3.05) is 13.6 Å². The molecule has 0 radical (unpaired) electrons. The Bertz CT molecular complexity index is 212. The number of hydrogen-bond donors (Lipinski definition) is 2. The van der Waals surface area contributed by atoms with Crippen LogP contribution in [0.15, 0.2) is 0 Å². The van der Waals surface area contributed by atoms with Gasteiger partial charge in [-0.2, -0.15) is 0 Å². The van der Waals surface area contributed by atoms with Crippen molar-refractivity contribution in [1.82, 2.24) is 10.2 Å². The third-order valence-corrected chi connectivity index (χ3v) is 1.02. The van der Waals surface area contributed by atoms with Crippen molar-refractivity contribution in [3.63, 3.8) is 0 Å². The number of halogens is 4. The van der Waals surface area contributed by atoms with Crippen LogP contribution in [-0.4, -0.2) is 30.4 Å². The molecule has 0 aromatic carbocycles. The molecule has 1 rings (SSSR count). The van der Waals surface area contributed by atoms with E-state index in [1.54, 1.807) is 11.9 Å². The van der Waals surface area contributed by atoms with Crippen molar-refractivity contribution in [2.45, 2.75) is 0 Å². The SMILES string of the molecule is CN1CC(=O)NC1=N.[Cl][Au-]([Cl])([Cl])[Cl]. The summed E-state index contributed by atoms with van der Waals surface area (Å²) in [6, 6.07) is 0. The zero-order chi connectivity index (χ0) is 10.6. The van der Waals surface area contributed by atoms with E-state index in [2.05, 4.69) is 5.32 Å². The first kappa shape index (κ1) is 13.8. The first-order chi connectivity index (χ1) is 5.70. The van der Waals surface area contributed by atoms with E-state index in [1.165, 1.54) is 0 Å². The summed E-state index contributed by atoms with van der Waals surface area (Å²) in [5.74, 6) is 0.0903. The second kappa shape index (κ2) is 5.66. The summed E-state index contributed by atoms with van der Waals surface area (Å²) >= 11 is -3.00. The van der Waals surface area contributed by atoms with Crippen LogP contribution in [0.4, 0.5) is 0 Å². The van der Waals surface area contributed by atoms with E-state index in [1.807, 2.05) is 0 Å². The van der Waals surface area contributed by atoms with Gasteiger partial charge < -0.3 is 4.90 Å². The fourth-order valence-electron chi connectivity index (χ4n) is 0.561. The Morgan fingerprint density at radius 1 is 1.46 bits per heavy atom. The quantitative estimate of drug-likeness (QED) is 0.551. The predicted molar refractivity (Wildman–Crippen MR) is 51.9 cm³/mol. The van der Waals surface area contributed by atoms with Crippen LogP contribution in [0.25, 0.3) is 0 Å². The first-order valence-electron chi connectivity index (χ1n) is 2.75. The number of nitrogens with one attached hydrogen (secondary N) is 2. The zero-order valence-corrected chi connectivity index (χ0v) is 11.6. The molecule has 2 N–H and O–H groups in total. The van der Waals surface area contributed by atoms with Crippen LogP contribution in [0, 0.1) is 5.41 Å². The van der Waals surface area contributed by atoms with Crippen molar-refractivity contribution in [3.8, 4) is 0 Å². The molecule has 9 heteroatoms. The van der Waals surface area contributed by atoms with Gasteiger partial charge in [-0.05, 0) is 0 Å².